The van der Waals surface area contributed by atoms with Gasteiger partial charge in [-0.25, -0.2) is 4.98 Å². The Labute approximate surface area is 144 Å². The number of aliphatic hydroxyl groups excluding tert-OH is 1. The van der Waals surface area contributed by atoms with Gasteiger partial charge < -0.3 is 15.6 Å². The number of piperidine rings is 1. The largest absolute Gasteiger partial charge is 0.396 e. The third-order valence-corrected chi connectivity index (χ3v) is 5.35. The molecule has 2 aliphatic heterocycles. The van der Waals surface area contributed by atoms with E-state index in [2.05, 4.69) is 20.9 Å². The molecule has 0 bridgehead atoms. The van der Waals surface area contributed by atoms with Crippen LogP contribution in [0.1, 0.15) is 24.8 Å². The molecule has 0 aliphatic carbocycles. The fourth-order valence-electron chi connectivity index (χ4n) is 4.09. The number of likely N-dealkylation sites (tertiary alicyclic amines) is 1. The van der Waals surface area contributed by atoms with Crippen LogP contribution in [0.3, 0.4) is 0 Å². The highest BCUT2D eigenvalue weighted by molar-refractivity contribution is 5.38. The van der Waals surface area contributed by atoms with Crippen molar-refractivity contribution in [2.75, 3.05) is 51.7 Å². The monoisotopic (exact) mass is 334 g/mol. The van der Waals surface area contributed by atoms with Crippen LogP contribution < -0.4 is 5.73 Å². The molecule has 24 heavy (non-hydrogen) atoms. The Bertz CT molecular complexity index is 508. The summed E-state index contributed by atoms with van der Waals surface area (Å²) in [5.41, 5.74) is 7.12. The third-order valence-electron chi connectivity index (χ3n) is 5.35. The lowest BCUT2D eigenvalue weighted by molar-refractivity contribution is -0.0231. The van der Waals surface area contributed by atoms with E-state index in [1.54, 1.807) is 6.20 Å². The minimum atomic E-state index is 0.280. The average molecular weight is 334 g/mol. The highest BCUT2D eigenvalue weighted by Crippen LogP contribution is 2.28. The van der Waals surface area contributed by atoms with Gasteiger partial charge in [0.1, 0.15) is 5.82 Å². The van der Waals surface area contributed by atoms with Crippen molar-refractivity contribution >= 4 is 5.82 Å². The lowest BCUT2D eigenvalue weighted by atomic mass is 9.86. The summed E-state index contributed by atoms with van der Waals surface area (Å²) in [5.74, 6) is 1.24. The maximum Gasteiger partial charge on any atom is 0.127 e. The summed E-state index contributed by atoms with van der Waals surface area (Å²) in [6.07, 6.45) is 4.88. The van der Waals surface area contributed by atoms with Gasteiger partial charge in [0.25, 0.3) is 0 Å². The van der Waals surface area contributed by atoms with Gasteiger partial charge >= 0.3 is 0 Å². The maximum atomic E-state index is 9.26. The van der Waals surface area contributed by atoms with E-state index >= 15 is 0 Å². The fraction of sp³-hybridized carbons (Fsp3) is 0.722. The van der Waals surface area contributed by atoms with Gasteiger partial charge in [0.05, 0.1) is 13.2 Å². The molecule has 2 atom stereocenters. The summed E-state index contributed by atoms with van der Waals surface area (Å²) in [4.78, 5) is 9.29. The van der Waals surface area contributed by atoms with Crippen molar-refractivity contribution in [1.82, 2.24) is 14.8 Å². The van der Waals surface area contributed by atoms with Crippen LogP contribution in [0.2, 0.25) is 0 Å². The Morgan fingerprint density at radius 3 is 2.88 bits per heavy atom. The van der Waals surface area contributed by atoms with E-state index < -0.39 is 0 Å². The van der Waals surface area contributed by atoms with E-state index in [9.17, 15) is 5.11 Å². The molecule has 1 aromatic heterocycles. The Morgan fingerprint density at radius 1 is 1.29 bits per heavy atom. The molecular formula is C18H30N4O2. The van der Waals surface area contributed by atoms with Gasteiger partial charge in [-0.2, -0.15) is 0 Å². The standard InChI is InChI=1S/C18H30N4O2/c19-18-16(3-1-6-20-18)14-21-7-5-17(15(13-21)4-2-10-23)22-8-11-24-12-9-22/h1,3,6,15,17,23H,2,4-5,7-14H2,(H2,19,20)/t15-,17+/m1/s1. The quantitative estimate of drug-likeness (QED) is 0.807. The Balaban J connectivity index is 1.63. The number of ether oxygens (including phenoxy) is 1. The normalized spacial score (nSPS) is 26.5. The first-order valence-electron chi connectivity index (χ1n) is 9.12. The van der Waals surface area contributed by atoms with Gasteiger partial charge in [-0.1, -0.05) is 6.07 Å². The summed E-state index contributed by atoms with van der Waals surface area (Å²) >= 11 is 0. The molecule has 2 fully saturated rings. The molecule has 2 aliphatic rings. The van der Waals surface area contributed by atoms with Crippen LogP contribution in [0.15, 0.2) is 18.3 Å². The summed E-state index contributed by atoms with van der Waals surface area (Å²) < 4.78 is 5.51. The van der Waals surface area contributed by atoms with Crippen molar-refractivity contribution in [3.63, 3.8) is 0 Å². The second kappa shape index (κ2) is 8.76. The molecule has 6 heteroatoms. The lowest BCUT2D eigenvalue weighted by Gasteiger charge is -2.45. The average Bonchev–Trinajstić information content (AvgIpc) is 2.63. The van der Waals surface area contributed by atoms with Crippen molar-refractivity contribution in [2.24, 2.45) is 5.92 Å². The van der Waals surface area contributed by atoms with Crippen LogP contribution in [0.4, 0.5) is 5.82 Å². The molecule has 0 radical (unpaired) electrons. The van der Waals surface area contributed by atoms with Crippen LogP contribution in [-0.4, -0.2) is 71.9 Å². The summed E-state index contributed by atoms with van der Waals surface area (Å²) in [5, 5.41) is 9.26. The Hall–Kier alpha value is -1.21. The van der Waals surface area contributed by atoms with Gasteiger partial charge in [0, 0.05) is 50.6 Å². The Morgan fingerprint density at radius 2 is 2.12 bits per heavy atom. The predicted molar refractivity (Wildman–Crippen MR) is 94.5 cm³/mol. The molecule has 3 heterocycles. The number of nitrogen functional groups attached to an aromatic ring is 1. The van der Waals surface area contributed by atoms with Gasteiger partial charge in [0.2, 0.25) is 0 Å². The van der Waals surface area contributed by atoms with E-state index in [1.807, 2.05) is 6.07 Å². The first-order chi connectivity index (χ1) is 11.8. The highest BCUT2D eigenvalue weighted by atomic mass is 16.5. The molecule has 3 rings (SSSR count). The lowest BCUT2D eigenvalue weighted by Crippen LogP contribution is -2.53. The molecule has 3 N–H and O–H groups in total. The molecule has 0 spiro atoms. The number of pyridine rings is 1. The van der Waals surface area contributed by atoms with Crippen LogP contribution in [0.25, 0.3) is 0 Å². The molecule has 0 amide bonds. The topological polar surface area (TPSA) is 74.9 Å². The minimum Gasteiger partial charge on any atom is -0.396 e. The van der Waals surface area contributed by atoms with Gasteiger partial charge in [-0.05, 0) is 37.8 Å². The number of anilines is 1. The van der Waals surface area contributed by atoms with Crippen LogP contribution in [0.5, 0.6) is 0 Å². The molecular weight excluding hydrogens is 304 g/mol. The van der Waals surface area contributed by atoms with Crippen LogP contribution in [-0.2, 0) is 11.3 Å². The van der Waals surface area contributed by atoms with E-state index in [-0.39, 0.29) is 6.61 Å². The number of rotatable bonds is 6. The molecule has 0 aromatic carbocycles. The number of hydrogen-bond acceptors (Lipinski definition) is 6. The number of nitrogens with zero attached hydrogens (tertiary/aromatic N) is 3. The Kier molecular flexibility index (Phi) is 6.43. The number of nitrogens with two attached hydrogens (primary N) is 1. The number of aliphatic hydroxyl groups is 1. The van der Waals surface area contributed by atoms with E-state index in [0.29, 0.717) is 17.8 Å². The molecule has 1 aromatic rings. The van der Waals surface area contributed by atoms with E-state index in [4.69, 9.17) is 10.5 Å². The number of morpholine rings is 1. The maximum absolute atomic E-state index is 9.26. The zero-order chi connectivity index (χ0) is 16.8. The fourth-order valence-corrected chi connectivity index (χ4v) is 4.09. The van der Waals surface area contributed by atoms with Crippen LogP contribution in [0, 0.1) is 5.92 Å². The first-order valence-corrected chi connectivity index (χ1v) is 9.12. The van der Waals surface area contributed by atoms with E-state index in [0.717, 1.165) is 64.3 Å². The summed E-state index contributed by atoms with van der Waals surface area (Å²) in [6.45, 7) is 7.07. The number of aromatic nitrogens is 1. The molecule has 134 valence electrons. The van der Waals surface area contributed by atoms with Crippen molar-refractivity contribution in [3.05, 3.63) is 23.9 Å². The van der Waals surface area contributed by atoms with Crippen molar-refractivity contribution in [2.45, 2.75) is 31.8 Å². The van der Waals surface area contributed by atoms with Crippen LogP contribution >= 0.6 is 0 Å². The second-order valence-electron chi connectivity index (χ2n) is 6.91. The molecule has 2 saturated heterocycles. The zero-order valence-electron chi connectivity index (χ0n) is 14.4. The minimum absolute atomic E-state index is 0.280. The van der Waals surface area contributed by atoms with Gasteiger partial charge in [0.15, 0.2) is 0 Å². The number of hydrogen-bond donors (Lipinski definition) is 2. The molecule has 0 saturated carbocycles. The van der Waals surface area contributed by atoms with Crippen molar-refractivity contribution < 1.29 is 9.84 Å². The first kappa shape index (κ1) is 17.6. The summed E-state index contributed by atoms with van der Waals surface area (Å²) in [7, 11) is 0. The SMILES string of the molecule is Nc1ncccc1CN1CC[C@H](N2CCOCC2)[C@H](CCCO)C1. The zero-order valence-corrected chi connectivity index (χ0v) is 14.4. The van der Waals surface area contributed by atoms with E-state index in [1.165, 1.54) is 6.42 Å². The second-order valence-corrected chi connectivity index (χ2v) is 6.91. The smallest absolute Gasteiger partial charge is 0.127 e. The van der Waals surface area contributed by atoms with Crippen molar-refractivity contribution in [1.29, 1.82) is 0 Å². The highest BCUT2D eigenvalue weighted by Gasteiger charge is 2.33. The molecule has 0 unspecified atom stereocenters. The summed E-state index contributed by atoms with van der Waals surface area (Å²) in [6, 6.07) is 4.64. The van der Waals surface area contributed by atoms with Crippen molar-refractivity contribution in [3.8, 4) is 0 Å². The predicted octanol–water partition coefficient (Wildman–Crippen LogP) is 0.959. The molecule has 6 nitrogen and oxygen atoms in total. The van der Waals surface area contributed by atoms with Gasteiger partial charge in [-0.3, -0.25) is 9.80 Å². The third kappa shape index (κ3) is 4.45. The van der Waals surface area contributed by atoms with Gasteiger partial charge in [-0.15, -0.1) is 0 Å².